The van der Waals surface area contributed by atoms with Gasteiger partial charge >= 0.3 is 0 Å². The number of hydrogen-bond donors (Lipinski definition) is 0. The van der Waals surface area contributed by atoms with E-state index in [0.29, 0.717) is 6.04 Å². The van der Waals surface area contributed by atoms with Gasteiger partial charge < -0.3 is 9.80 Å². The zero-order chi connectivity index (χ0) is 18.8. The summed E-state index contributed by atoms with van der Waals surface area (Å²) in [6.07, 6.45) is 2.19. The second-order valence-corrected chi connectivity index (χ2v) is 7.45. The van der Waals surface area contributed by atoms with E-state index < -0.39 is 0 Å². The number of amides is 1. The van der Waals surface area contributed by atoms with E-state index in [-0.39, 0.29) is 5.91 Å². The zero-order valence-corrected chi connectivity index (χ0v) is 15.9. The van der Waals surface area contributed by atoms with Gasteiger partial charge in [-0.15, -0.1) is 0 Å². The van der Waals surface area contributed by atoms with Crippen molar-refractivity contribution in [2.75, 3.05) is 27.2 Å². The third-order valence-electron chi connectivity index (χ3n) is 5.43. The minimum atomic E-state index is 0.109. The lowest BCUT2D eigenvalue weighted by atomic mass is 10.0. The highest BCUT2D eigenvalue weighted by atomic mass is 16.2. The number of carbonyl (C=O) groups is 1. The van der Waals surface area contributed by atoms with Gasteiger partial charge in [0, 0.05) is 30.1 Å². The second-order valence-electron chi connectivity index (χ2n) is 7.45. The molecule has 2 heterocycles. The Bertz CT molecular complexity index is 952. The Kier molecular flexibility index (Phi) is 4.90. The van der Waals surface area contributed by atoms with Crippen molar-refractivity contribution in [1.29, 1.82) is 0 Å². The molecule has 1 fully saturated rings. The van der Waals surface area contributed by atoms with E-state index in [1.807, 2.05) is 65.6 Å². The molecule has 0 bridgehead atoms. The number of benzene rings is 2. The first-order valence-corrected chi connectivity index (χ1v) is 9.54. The lowest BCUT2D eigenvalue weighted by molar-refractivity contribution is 0.0637. The van der Waals surface area contributed by atoms with Crippen LogP contribution in [0.25, 0.3) is 22.2 Å². The van der Waals surface area contributed by atoms with Crippen LogP contribution < -0.4 is 0 Å². The van der Waals surface area contributed by atoms with E-state index >= 15 is 0 Å². The topological polar surface area (TPSA) is 36.4 Å². The summed E-state index contributed by atoms with van der Waals surface area (Å²) in [4.78, 5) is 22.5. The SMILES string of the molecule is CN(C)C1CCCN(C(=O)c2cc(-c3ccccc3)nc3ccccc23)C1. The fourth-order valence-electron chi connectivity index (χ4n) is 3.84. The van der Waals surface area contributed by atoms with Crippen molar-refractivity contribution < 1.29 is 4.79 Å². The minimum Gasteiger partial charge on any atom is -0.337 e. The number of hydrogen-bond acceptors (Lipinski definition) is 3. The van der Waals surface area contributed by atoms with E-state index in [0.717, 1.165) is 53.7 Å². The number of likely N-dealkylation sites (N-methyl/N-ethyl adjacent to an activating group) is 1. The van der Waals surface area contributed by atoms with E-state index in [1.54, 1.807) is 0 Å². The Morgan fingerprint density at radius 3 is 2.59 bits per heavy atom. The Morgan fingerprint density at radius 2 is 1.81 bits per heavy atom. The number of nitrogens with zero attached hydrogens (tertiary/aromatic N) is 3. The van der Waals surface area contributed by atoms with Gasteiger partial charge in [-0.05, 0) is 39.1 Å². The predicted molar refractivity (Wildman–Crippen MR) is 110 cm³/mol. The molecule has 27 heavy (non-hydrogen) atoms. The van der Waals surface area contributed by atoms with Gasteiger partial charge in [-0.1, -0.05) is 48.5 Å². The fraction of sp³-hybridized carbons (Fsp3) is 0.304. The van der Waals surface area contributed by atoms with Crippen LogP contribution in [0.1, 0.15) is 23.2 Å². The molecule has 0 spiro atoms. The third-order valence-corrected chi connectivity index (χ3v) is 5.43. The van der Waals surface area contributed by atoms with E-state index in [2.05, 4.69) is 19.0 Å². The maximum atomic E-state index is 13.4. The predicted octanol–water partition coefficient (Wildman–Crippen LogP) is 4.07. The Hall–Kier alpha value is -2.72. The summed E-state index contributed by atoms with van der Waals surface area (Å²) in [6, 6.07) is 20.4. The van der Waals surface area contributed by atoms with Gasteiger partial charge in [-0.3, -0.25) is 4.79 Å². The van der Waals surface area contributed by atoms with Gasteiger partial charge in [-0.25, -0.2) is 4.98 Å². The van der Waals surface area contributed by atoms with Crippen LogP contribution in [0.15, 0.2) is 60.7 Å². The molecule has 1 amide bonds. The van der Waals surface area contributed by atoms with Crippen LogP contribution in [0.3, 0.4) is 0 Å². The van der Waals surface area contributed by atoms with Gasteiger partial charge in [-0.2, -0.15) is 0 Å². The summed E-state index contributed by atoms with van der Waals surface area (Å²) < 4.78 is 0. The zero-order valence-electron chi connectivity index (χ0n) is 15.9. The quantitative estimate of drug-likeness (QED) is 0.707. The molecule has 2 aromatic carbocycles. The first-order valence-electron chi connectivity index (χ1n) is 9.54. The molecule has 4 nitrogen and oxygen atoms in total. The average molecular weight is 359 g/mol. The van der Waals surface area contributed by atoms with Crippen LogP contribution in [0, 0.1) is 0 Å². The van der Waals surface area contributed by atoms with Crippen LogP contribution in [0.4, 0.5) is 0 Å². The summed E-state index contributed by atoms with van der Waals surface area (Å²) in [5.74, 6) is 0.109. The Labute approximate surface area is 160 Å². The van der Waals surface area contributed by atoms with Crippen molar-refractivity contribution in [1.82, 2.24) is 14.8 Å². The first kappa shape index (κ1) is 17.7. The van der Waals surface area contributed by atoms with E-state index in [4.69, 9.17) is 4.98 Å². The summed E-state index contributed by atoms with van der Waals surface area (Å²) in [7, 11) is 4.18. The maximum absolute atomic E-state index is 13.4. The molecule has 1 aromatic heterocycles. The van der Waals surface area contributed by atoms with Crippen molar-refractivity contribution >= 4 is 16.8 Å². The minimum absolute atomic E-state index is 0.109. The third kappa shape index (κ3) is 3.58. The molecule has 0 saturated carbocycles. The van der Waals surface area contributed by atoms with Crippen LogP contribution in [-0.2, 0) is 0 Å². The monoisotopic (exact) mass is 359 g/mol. The van der Waals surface area contributed by atoms with Gasteiger partial charge in [0.2, 0.25) is 0 Å². The van der Waals surface area contributed by atoms with Gasteiger partial charge in [0.25, 0.3) is 5.91 Å². The highest BCUT2D eigenvalue weighted by Crippen LogP contribution is 2.27. The first-order chi connectivity index (χ1) is 13.1. The summed E-state index contributed by atoms with van der Waals surface area (Å²) in [6.45, 7) is 1.60. The molecule has 4 rings (SSSR count). The van der Waals surface area contributed by atoms with Crippen molar-refractivity contribution in [3.8, 4) is 11.3 Å². The summed E-state index contributed by atoms with van der Waals surface area (Å²) >= 11 is 0. The number of carbonyl (C=O) groups excluding carboxylic acids is 1. The van der Waals surface area contributed by atoms with Gasteiger partial charge in [0.1, 0.15) is 0 Å². The molecule has 138 valence electrons. The highest BCUT2D eigenvalue weighted by molar-refractivity contribution is 6.07. The highest BCUT2D eigenvalue weighted by Gasteiger charge is 2.27. The summed E-state index contributed by atoms with van der Waals surface area (Å²) in [5.41, 5.74) is 3.49. The number of rotatable bonds is 3. The van der Waals surface area contributed by atoms with Gasteiger partial charge in [0.05, 0.1) is 16.8 Å². The van der Waals surface area contributed by atoms with Crippen LogP contribution in [0.5, 0.6) is 0 Å². The molecule has 1 aliphatic rings. The smallest absolute Gasteiger partial charge is 0.254 e. The molecule has 1 unspecified atom stereocenters. The molecule has 0 radical (unpaired) electrons. The Morgan fingerprint density at radius 1 is 1.07 bits per heavy atom. The van der Waals surface area contributed by atoms with Crippen molar-refractivity contribution in [3.05, 3.63) is 66.2 Å². The van der Waals surface area contributed by atoms with E-state index in [9.17, 15) is 4.79 Å². The molecule has 1 atom stereocenters. The standard InChI is InChI=1S/C23H25N3O/c1-25(2)18-11-8-14-26(16-18)23(27)20-15-22(17-9-4-3-5-10-17)24-21-13-7-6-12-19(20)21/h3-7,9-10,12-13,15,18H,8,11,14,16H2,1-2H3. The molecular weight excluding hydrogens is 334 g/mol. The molecule has 1 aliphatic heterocycles. The lowest BCUT2D eigenvalue weighted by Gasteiger charge is -2.36. The van der Waals surface area contributed by atoms with Crippen molar-refractivity contribution in [3.63, 3.8) is 0 Å². The van der Waals surface area contributed by atoms with E-state index in [1.165, 1.54) is 0 Å². The normalized spacial score (nSPS) is 17.4. The van der Waals surface area contributed by atoms with Gasteiger partial charge in [0.15, 0.2) is 0 Å². The number of piperidine rings is 1. The molecule has 0 N–H and O–H groups in total. The Balaban J connectivity index is 1.77. The number of likely N-dealkylation sites (tertiary alicyclic amines) is 1. The maximum Gasteiger partial charge on any atom is 0.254 e. The van der Waals surface area contributed by atoms with Crippen molar-refractivity contribution in [2.45, 2.75) is 18.9 Å². The fourth-order valence-corrected chi connectivity index (χ4v) is 3.84. The van der Waals surface area contributed by atoms with Crippen LogP contribution in [0.2, 0.25) is 0 Å². The number of pyridine rings is 1. The average Bonchev–Trinajstić information content (AvgIpc) is 2.73. The second kappa shape index (κ2) is 7.49. The number of fused-ring (bicyclic) bond motifs is 1. The summed E-state index contributed by atoms with van der Waals surface area (Å²) in [5, 5.41) is 0.925. The lowest BCUT2D eigenvalue weighted by Crippen LogP contribution is -2.47. The number of para-hydroxylation sites is 1. The molecular formula is C23H25N3O. The molecule has 4 heteroatoms. The van der Waals surface area contributed by atoms with Crippen LogP contribution >= 0.6 is 0 Å². The molecule has 0 aliphatic carbocycles. The molecule has 3 aromatic rings. The number of aromatic nitrogens is 1. The van der Waals surface area contributed by atoms with Crippen molar-refractivity contribution in [2.24, 2.45) is 0 Å². The largest absolute Gasteiger partial charge is 0.337 e. The molecule has 1 saturated heterocycles. The van der Waals surface area contributed by atoms with Crippen LogP contribution in [-0.4, -0.2) is 53.9 Å².